The van der Waals surface area contributed by atoms with E-state index in [1.165, 1.54) is 59.1 Å². The lowest BCUT2D eigenvalue weighted by Gasteiger charge is -2.14. The molecule has 173 valence electrons. The highest BCUT2D eigenvalue weighted by atomic mass is 32.1. The molecule has 0 aliphatic carbocycles. The van der Waals surface area contributed by atoms with Crippen molar-refractivity contribution in [3.05, 3.63) is 146 Å². The number of thiophene rings is 1. The standard InChI is InChI=1S/C36H23S/c1-3-11-25(12-4-1)27-21-22-30(34(24-27)26-13-5-2-6-14-26)28-15-9-16-29(23-28)31-18-10-19-33-32-17-7-8-20-35(32)37-36(31)33/h1-20,22-24H. The Hall–Kier alpha value is -4.46. The molecule has 7 rings (SSSR count). The molecule has 0 saturated heterocycles. The highest BCUT2D eigenvalue weighted by molar-refractivity contribution is 7.26. The van der Waals surface area contributed by atoms with Gasteiger partial charge in [-0.05, 0) is 74.8 Å². The molecular formula is C36H23S. The zero-order chi connectivity index (χ0) is 24.6. The third kappa shape index (κ3) is 3.94. The molecule has 0 amide bonds. The number of hydrogen-bond donors (Lipinski definition) is 0. The Morgan fingerprint density at radius 2 is 1.05 bits per heavy atom. The predicted octanol–water partition coefficient (Wildman–Crippen LogP) is 10.5. The Morgan fingerprint density at radius 3 is 1.86 bits per heavy atom. The Kier molecular flexibility index (Phi) is 5.42. The van der Waals surface area contributed by atoms with E-state index in [0.717, 1.165) is 5.56 Å². The monoisotopic (exact) mass is 487 g/mol. The number of fused-ring (bicyclic) bond motifs is 3. The van der Waals surface area contributed by atoms with Crippen molar-refractivity contribution >= 4 is 31.5 Å². The van der Waals surface area contributed by atoms with Crippen LogP contribution in [0.5, 0.6) is 0 Å². The van der Waals surface area contributed by atoms with Gasteiger partial charge >= 0.3 is 0 Å². The van der Waals surface area contributed by atoms with E-state index in [2.05, 4.69) is 146 Å². The maximum Gasteiger partial charge on any atom is 0.0433 e. The summed E-state index contributed by atoms with van der Waals surface area (Å²) in [5.74, 6) is 0. The Morgan fingerprint density at radius 1 is 0.432 bits per heavy atom. The second kappa shape index (κ2) is 9.20. The van der Waals surface area contributed by atoms with E-state index in [4.69, 9.17) is 0 Å². The Bertz CT molecular complexity index is 1860. The molecule has 0 N–H and O–H groups in total. The van der Waals surface area contributed by atoms with Gasteiger partial charge in [-0.15, -0.1) is 11.3 Å². The predicted molar refractivity (Wildman–Crippen MR) is 160 cm³/mol. The van der Waals surface area contributed by atoms with Gasteiger partial charge in [0.05, 0.1) is 0 Å². The van der Waals surface area contributed by atoms with Gasteiger partial charge in [-0.3, -0.25) is 0 Å². The van der Waals surface area contributed by atoms with Crippen LogP contribution in [0, 0.1) is 6.07 Å². The molecule has 7 aromatic rings. The molecule has 0 saturated carbocycles. The van der Waals surface area contributed by atoms with Crippen LogP contribution in [0.1, 0.15) is 0 Å². The maximum absolute atomic E-state index is 3.57. The van der Waals surface area contributed by atoms with Crippen LogP contribution in [0.25, 0.3) is 64.7 Å². The van der Waals surface area contributed by atoms with Gasteiger partial charge in [0, 0.05) is 20.2 Å². The minimum atomic E-state index is 1.11. The van der Waals surface area contributed by atoms with Crippen LogP contribution in [0.4, 0.5) is 0 Å². The summed E-state index contributed by atoms with van der Waals surface area (Å²) < 4.78 is 2.67. The first kappa shape index (κ1) is 21.8. The van der Waals surface area contributed by atoms with Gasteiger partial charge in [-0.2, -0.15) is 0 Å². The van der Waals surface area contributed by atoms with Crippen molar-refractivity contribution in [3.8, 4) is 44.5 Å². The Labute approximate surface area is 221 Å². The van der Waals surface area contributed by atoms with E-state index < -0.39 is 0 Å². The molecule has 0 aliphatic rings. The first-order valence-electron chi connectivity index (χ1n) is 12.5. The van der Waals surface area contributed by atoms with Crippen LogP contribution in [0.2, 0.25) is 0 Å². The quantitative estimate of drug-likeness (QED) is 0.232. The lowest BCUT2D eigenvalue weighted by atomic mass is 9.90. The highest BCUT2D eigenvalue weighted by Crippen LogP contribution is 2.41. The molecule has 0 nitrogen and oxygen atoms in total. The molecule has 1 aromatic heterocycles. The van der Waals surface area contributed by atoms with Crippen LogP contribution in [0.3, 0.4) is 0 Å². The lowest BCUT2D eigenvalue weighted by Crippen LogP contribution is -1.89. The van der Waals surface area contributed by atoms with Gasteiger partial charge < -0.3 is 0 Å². The van der Waals surface area contributed by atoms with Gasteiger partial charge in [0.2, 0.25) is 0 Å². The summed E-state index contributed by atoms with van der Waals surface area (Å²) in [6.07, 6.45) is 0. The fourth-order valence-electron chi connectivity index (χ4n) is 5.20. The van der Waals surface area contributed by atoms with E-state index in [1.807, 2.05) is 11.3 Å². The second-order valence-corrected chi connectivity index (χ2v) is 10.3. The van der Waals surface area contributed by atoms with Crippen molar-refractivity contribution in [2.24, 2.45) is 0 Å². The third-order valence-electron chi connectivity index (χ3n) is 7.01. The van der Waals surface area contributed by atoms with Crippen molar-refractivity contribution in [2.75, 3.05) is 0 Å². The topological polar surface area (TPSA) is 0 Å². The van der Waals surface area contributed by atoms with E-state index in [9.17, 15) is 0 Å². The molecule has 0 atom stereocenters. The molecule has 0 spiro atoms. The fraction of sp³-hybridized carbons (Fsp3) is 0. The van der Waals surface area contributed by atoms with E-state index >= 15 is 0 Å². The zero-order valence-electron chi connectivity index (χ0n) is 20.2. The molecule has 0 aliphatic heterocycles. The van der Waals surface area contributed by atoms with E-state index in [1.54, 1.807) is 0 Å². The zero-order valence-corrected chi connectivity index (χ0v) is 21.0. The van der Waals surface area contributed by atoms with Crippen LogP contribution < -0.4 is 0 Å². The minimum absolute atomic E-state index is 1.11. The molecule has 37 heavy (non-hydrogen) atoms. The SMILES string of the molecule is [c]1cc(-c2cccc(-c3cccc4c3sc3ccccc34)c2)c(-c2ccccc2)cc1-c1ccccc1. The minimum Gasteiger partial charge on any atom is -0.135 e. The summed E-state index contributed by atoms with van der Waals surface area (Å²) >= 11 is 1.88. The van der Waals surface area contributed by atoms with Gasteiger partial charge in [-0.1, -0.05) is 115 Å². The van der Waals surface area contributed by atoms with Gasteiger partial charge in [0.25, 0.3) is 0 Å². The summed E-state index contributed by atoms with van der Waals surface area (Å²) in [5.41, 5.74) is 9.62. The Balaban J connectivity index is 1.40. The fourth-order valence-corrected chi connectivity index (χ4v) is 6.44. The van der Waals surface area contributed by atoms with E-state index in [-0.39, 0.29) is 0 Å². The summed E-state index contributed by atoms with van der Waals surface area (Å²) in [6, 6.07) is 53.5. The largest absolute Gasteiger partial charge is 0.135 e. The molecule has 0 bridgehead atoms. The van der Waals surface area contributed by atoms with Gasteiger partial charge in [0.1, 0.15) is 0 Å². The first-order valence-corrected chi connectivity index (χ1v) is 13.3. The maximum atomic E-state index is 3.57. The number of benzene rings is 6. The average molecular weight is 488 g/mol. The third-order valence-corrected chi connectivity index (χ3v) is 8.23. The molecule has 0 unspecified atom stereocenters. The summed E-state index contributed by atoms with van der Waals surface area (Å²) in [4.78, 5) is 0. The van der Waals surface area contributed by atoms with Crippen LogP contribution >= 0.6 is 11.3 Å². The summed E-state index contributed by atoms with van der Waals surface area (Å²) in [5, 5.41) is 2.66. The molecule has 1 heteroatoms. The number of rotatable bonds is 4. The van der Waals surface area contributed by atoms with Crippen LogP contribution in [0.15, 0.2) is 140 Å². The van der Waals surface area contributed by atoms with Gasteiger partial charge in [0.15, 0.2) is 0 Å². The first-order chi connectivity index (χ1) is 18.3. The van der Waals surface area contributed by atoms with Gasteiger partial charge in [-0.25, -0.2) is 0 Å². The second-order valence-electron chi connectivity index (χ2n) is 9.27. The molecule has 0 fully saturated rings. The number of hydrogen-bond acceptors (Lipinski definition) is 1. The summed E-state index contributed by atoms with van der Waals surface area (Å²) in [6.45, 7) is 0. The van der Waals surface area contributed by atoms with Crippen LogP contribution in [-0.4, -0.2) is 0 Å². The van der Waals surface area contributed by atoms with Crippen molar-refractivity contribution < 1.29 is 0 Å². The lowest BCUT2D eigenvalue weighted by molar-refractivity contribution is 1.55. The normalized spacial score (nSPS) is 11.2. The average Bonchev–Trinajstić information content (AvgIpc) is 3.37. The molecule has 1 heterocycles. The molecule has 6 aromatic carbocycles. The highest BCUT2D eigenvalue weighted by Gasteiger charge is 2.13. The summed E-state index contributed by atoms with van der Waals surface area (Å²) in [7, 11) is 0. The van der Waals surface area contributed by atoms with Crippen LogP contribution in [-0.2, 0) is 0 Å². The smallest absolute Gasteiger partial charge is 0.0433 e. The molecule has 1 radical (unpaired) electrons. The van der Waals surface area contributed by atoms with Crippen molar-refractivity contribution in [1.82, 2.24) is 0 Å². The molecular weight excluding hydrogens is 464 g/mol. The van der Waals surface area contributed by atoms with Crippen molar-refractivity contribution in [3.63, 3.8) is 0 Å². The van der Waals surface area contributed by atoms with Crippen molar-refractivity contribution in [2.45, 2.75) is 0 Å². The van der Waals surface area contributed by atoms with Crippen molar-refractivity contribution in [1.29, 1.82) is 0 Å². The van der Waals surface area contributed by atoms with E-state index in [0.29, 0.717) is 0 Å².